The van der Waals surface area contributed by atoms with E-state index in [4.69, 9.17) is 11.5 Å². The molecule has 0 fully saturated rings. The minimum Gasteiger partial charge on any atom is -0.505 e. The zero-order valence-corrected chi connectivity index (χ0v) is 14.4. The smallest absolute Gasteiger partial charge is 0.200 e. The summed E-state index contributed by atoms with van der Waals surface area (Å²) in [6.45, 7) is 3.22. The molecular weight excluding hydrogens is 334 g/mol. The highest BCUT2D eigenvalue weighted by molar-refractivity contribution is 6.32. The molecule has 0 saturated carbocycles. The lowest BCUT2D eigenvalue weighted by Gasteiger charge is -2.24. The lowest BCUT2D eigenvalue weighted by atomic mass is 9.82. The van der Waals surface area contributed by atoms with Gasteiger partial charge in [-0.25, -0.2) is 0 Å². The number of carbonyl (C=O) groups is 2. The van der Waals surface area contributed by atoms with Crippen LogP contribution in [-0.4, -0.2) is 47.8 Å². The van der Waals surface area contributed by atoms with Crippen molar-refractivity contribution in [2.24, 2.45) is 11.5 Å². The van der Waals surface area contributed by atoms with Gasteiger partial charge in [-0.05, 0) is 19.1 Å². The fourth-order valence-electron chi connectivity index (χ4n) is 3.04. The van der Waals surface area contributed by atoms with Gasteiger partial charge in [0.2, 0.25) is 5.78 Å². The average Bonchev–Trinajstić information content (AvgIpc) is 2.64. The number of nitrogens with one attached hydrogen (secondary N) is 2. The number of pyridine rings is 1. The molecule has 1 aliphatic rings. The Morgan fingerprint density at radius 3 is 2.04 bits per heavy atom. The maximum absolute atomic E-state index is 13.2. The summed E-state index contributed by atoms with van der Waals surface area (Å²) in [4.78, 5) is 30.3. The second kappa shape index (κ2) is 7.11. The van der Waals surface area contributed by atoms with Crippen molar-refractivity contribution in [3.8, 4) is 5.75 Å². The van der Waals surface area contributed by atoms with Gasteiger partial charge in [0.1, 0.15) is 5.75 Å². The number of hydrogen-bond acceptors (Lipinski definition) is 8. The van der Waals surface area contributed by atoms with Gasteiger partial charge >= 0.3 is 0 Å². The van der Waals surface area contributed by atoms with E-state index in [1.54, 1.807) is 19.1 Å². The Bertz CT molecular complexity index is 895. The SMILES string of the molecule is Cc1ncc2c(c1O)C(=O)c1c(NCCN)ccc(NCCN)c1C2=O. The first kappa shape index (κ1) is 17.8. The van der Waals surface area contributed by atoms with Crippen molar-refractivity contribution in [3.63, 3.8) is 0 Å². The molecule has 8 heteroatoms. The monoisotopic (exact) mass is 355 g/mol. The summed E-state index contributed by atoms with van der Waals surface area (Å²) in [5.41, 5.74) is 13.0. The molecule has 1 aliphatic carbocycles. The van der Waals surface area contributed by atoms with Crippen LogP contribution in [0, 0.1) is 6.92 Å². The van der Waals surface area contributed by atoms with Crippen LogP contribution in [0.5, 0.6) is 5.75 Å². The van der Waals surface area contributed by atoms with Crippen molar-refractivity contribution in [3.05, 3.63) is 46.3 Å². The van der Waals surface area contributed by atoms with Gasteiger partial charge in [0, 0.05) is 43.8 Å². The van der Waals surface area contributed by atoms with Gasteiger partial charge in [-0.15, -0.1) is 0 Å². The van der Waals surface area contributed by atoms with Crippen LogP contribution in [0.2, 0.25) is 0 Å². The number of aromatic hydroxyl groups is 1. The van der Waals surface area contributed by atoms with E-state index in [2.05, 4.69) is 15.6 Å². The third-order valence-electron chi connectivity index (χ3n) is 4.29. The molecule has 0 spiro atoms. The Balaban J connectivity index is 2.24. The van der Waals surface area contributed by atoms with E-state index in [1.807, 2.05) is 0 Å². The van der Waals surface area contributed by atoms with Crippen molar-refractivity contribution in [2.75, 3.05) is 36.8 Å². The zero-order valence-electron chi connectivity index (χ0n) is 14.4. The number of rotatable bonds is 6. The Kier molecular flexibility index (Phi) is 4.88. The Morgan fingerprint density at radius 1 is 0.962 bits per heavy atom. The van der Waals surface area contributed by atoms with Crippen LogP contribution in [-0.2, 0) is 0 Å². The molecule has 1 heterocycles. The first-order valence-electron chi connectivity index (χ1n) is 8.34. The number of nitrogens with two attached hydrogens (primary N) is 2. The van der Waals surface area contributed by atoms with E-state index in [1.165, 1.54) is 6.20 Å². The molecule has 0 unspecified atom stereocenters. The van der Waals surface area contributed by atoms with Crippen LogP contribution >= 0.6 is 0 Å². The Morgan fingerprint density at radius 2 is 1.50 bits per heavy atom. The highest BCUT2D eigenvalue weighted by Crippen LogP contribution is 2.39. The third kappa shape index (κ3) is 2.79. The van der Waals surface area contributed by atoms with Crippen molar-refractivity contribution in [1.29, 1.82) is 0 Å². The van der Waals surface area contributed by atoms with Gasteiger partial charge in [-0.2, -0.15) is 0 Å². The average molecular weight is 355 g/mol. The molecule has 3 rings (SSSR count). The minimum atomic E-state index is -0.423. The standard InChI is InChI=1S/C18H21N5O3/c1-9-16(24)13-10(8-23-9)17(25)14-11(21-6-4-19)2-3-12(22-7-5-20)15(14)18(13)26/h2-3,8,21-22,24H,4-7,19-20H2,1H3. The number of carbonyl (C=O) groups excluding carboxylic acids is 2. The van der Waals surface area contributed by atoms with Gasteiger partial charge in [-0.3, -0.25) is 14.6 Å². The van der Waals surface area contributed by atoms with Crippen molar-refractivity contribution in [1.82, 2.24) is 4.98 Å². The zero-order chi connectivity index (χ0) is 18.8. The molecule has 1 aromatic heterocycles. The van der Waals surface area contributed by atoms with Crippen LogP contribution < -0.4 is 22.1 Å². The maximum atomic E-state index is 13.2. The summed E-state index contributed by atoms with van der Waals surface area (Å²) in [6, 6.07) is 3.44. The predicted molar refractivity (Wildman–Crippen MR) is 99.0 cm³/mol. The quantitative estimate of drug-likeness (QED) is 0.433. The summed E-state index contributed by atoms with van der Waals surface area (Å²) in [7, 11) is 0. The lowest BCUT2D eigenvalue weighted by Crippen LogP contribution is -2.26. The Labute approximate surface area is 150 Å². The summed E-state index contributed by atoms with van der Waals surface area (Å²) >= 11 is 0. The van der Waals surface area contributed by atoms with Gasteiger partial charge in [0.05, 0.1) is 27.9 Å². The molecule has 0 saturated heterocycles. The summed E-state index contributed by atoms with van der Waals surface area (Å²) in [5.74, 6) is -1.06. The fraction of sp³-hybridized carbons (Fsp3) is 0.278. The van der Waals surface area contributed by atoms with Crippen LogP contribution in [0.15, 0.2) is 18.3 Å². The molecule has 2 aromatic rings. The molecule has 7 N–H and O–H groups in total. The van der Waals surface area contributed by atoms with Crippen molar-refractivity contribution < 1.29 is 14.7 Å². The number of aromatic nitrogens is 1. The summed E-state index contributed by atoms with van der Waals surface area (Å²) in [5, 5.41) is 16.5. The van der Waals surface area contributed by atoms with Crippen LogP contribution in [0.4, 0.5) is 11.4 Å². The van der Waals surface area contributed by atoms with Gasteiger partial charge < -0.3 is 27.2 Å². The first-order valence-corrected chi connectivity index (χ1v) is 8.34. The second-order valence-electron chi connectivity index (χ2n) is 5.98. The highest BCUT2D eigenvalue weighted by atomic mass is 16.3. The van der Waals surface area contributed by atoms with E-state index < -0.39 is 5.78 Å². The Hall–Kier alpha value is -2.97. The number of hydrogen-bond donors (Lipinski definition) is 5. The molecule has 0 aliphatic heterocycles. The predicted octanol–water partition coefficient (Wildman–Crippen LogP) is 0.612. The molecular formula is C18H21N5O3. The number of aryl methyl sites for hydroxylation is 1. The van der Waals surface area contributed by atoms with Gasteiger partial charge in [0.15, 0.2) is 5.78 Å². The number of fused-ring (bicyclic) bond motifs is 2. The van der Waals surface area contributed by atoms with Gasteiger partial charge in [0.25, 0.3) is 0 Å². The van der Waals surface area contributed by atoms with E-state index in [9.17, 15) is 14.7 Å². The van der Waals surface area contributed by atoms with E-state index >= 15 is 0 Å². The second-order valence-corrected chi connectivity index (χ2v) is 5.98. The van der Waals surface area contributed by atoms with Crippen molar-refractivity contribution >= 4 is 22.9 Å². The largest absolute Gasteiger partial charge is 0.505 e. The number of benzene rings is 1. The molecule has 0 atom stereocenters. The van der Waals surface area contributed by atoms with E-state index in [0.29, 0.717) is 43.2 Å². The normalized spacial score (nSPS) is 12.6. The molecule has 0 amide bonds. The molecule has 0 bridgehead atoms. The highest BCUT2D eigenvalue weighted by Gasteiger charge is 2.36. The van der Waals surface area contributed by atoms with Gasteiger partial charge in [-0.1, -0.05) is 0 Å². The first-order chi connectivity index (χ1) is 12.5. The minimum absolute atomic E-state index is 0.0122. The number of anilines is 2. The topological polar surface area (TPSA) is 143 Å². The van der Waals surface area contributed by atoms with E-state index in [-0.39, 0.29) is 33.8 Å². The van der Waals surface area contributed by atoms with Crippen LogP contribution in [0.25, 0.3) is 0 Å². The molecule has 8 nitrogen and oxygen atoms in total. The fourth-order valence-corrected chi connectivity index (χ4v) is 3.04. The number of nitrogens with zero attached hydrogens (tertiary/aromatic N) is 1. The summed E-state index contributed by atoms with van der Waals surface area (Å²) < 4.78 is 0. The molecule has 136 valence electrons. The van der Waals surface area contributed by atoms with Crippen molar-refractivity contribution in [2.45, 2.75) is 6.92 Å². The van der Waals surface area contributed by atoms with Crippen LogP contribution in [0.1, 0.15) is 37.5 Å². The number of ketones is 2. The maximum Gasteiger partial charge on any atom is 0.200 e. The molecule has 1 aromatic carbocycles. The lowest BCUT2D eigenvalue weighted by molar-refractivity contribution is 0.0977. The molecule has 0 radical (unpaired) electrons. The third-order valence-corrected chi connectivity index (χ3v) is 4.29. The summed E-state index contributed by atoms with van der Waals surface area (Å²) in [6.07, 6.45) is 1.33. The van der Waals surface area contributed by atoms with Crippen LogP contribution in [0.3, 0.4) is 0 Å². The van der Waals surface area contributed by atoms with E-state index in [0.717, 1.165) is 0 Å². The molecule has 26 heavy (non-hydrogen) atoms.